The van der Waals surface area contributed by atoms with Crippen molar-refractivity contribution in [3.8, 4) is 11.5 Å². The van der Waals surface area contributed by atoms with Crippen molar-refractivity contribution in [3.05, 3.63) is 86.9 Å². The van der Waals surface area contributed by atoms with Crippen molar-refractivity contribution in [2.24, 2.45) is 0 Å². The van der Waals surface area contributed by atoms with E-state index < -0.39 is 0 Å². The van der Waals surface area contributed by atoms with E-state index in [1.807, 2.05) is 31.2 Å². The van der Waals surface area contributed by atoms with Crippen molar-refractivity contribution in [2.75, 3.05) is 11.9 Å². The molecule has 0 spiro atoms. The zero-order valence-corrected chi connectivity index (χ0v) is 18.4. The zero-order chi connectivity index (χ0) is 20.8. The van der Waals surface area contributed by atoms with Gasteiger partial charge in [0.15, 0.2) is 11.5 Å². The Balaban J connectivity index is 1.70. The predicted molar refractivity (Wildman–Crippen MR) is 122 cm³/mol. The summed E-state index contributed by atoms with van der Waals surface area (Å²) in [5.41, 5.74) is 5.61. The Hall–Kier alpha value is -2.36. The van der Waals surface area contributed by atoms with Gasteiger partial charge in [-0.3, -0.25) is 0 Å². The van der Waals surface area contributed by atoms with Crippen LogP contribution in [0.1, 0.15) is 29.2 Å². The average Bonchev–Trinajstić information content (AvgIpc) is 2.68. The molecule has 0 aliphatic rings. The minimum Gasteiger partial charge on any atom is -0.490 e. The molecule has 3 aromatic rings. The molecule has 29 heavy (non-hydrogen) atoms. The fraction of sp³-hybridized carbons (Fsp3) is 0.250. The maximum Gasteiger partial charge on any atom is 0.161 e. The van der Waals surface area contributed by atoms with Gasteiger partial charge >= 0.3 is 0 Å². The van der Waals surface area contributed by atoms with Gasteiger partial charge in [0.2, 0.25) is 0 Å². The number of hydrogen-bond donors (Lipinski definition) is 1. The Kier molecular flexibility index (Phi) is 7.29. The molecule has 0 saturated heterocycles. The zero-order valence-electron chi connectivity index (χ0n) is 16.9. The van der Waals surface area contributed by atoms with Crippen molar-refractivity contribution >= 4 is 28.9 Å². The van der Waals surface area contributed by atoms with Gasteiger partial charge in [0.1, 0.15) is 6.61 Å². The topological polar surface area (TPSA) is 30.5 Å². The number of rotatable bonds is 8. The first-order valence-electron chi connectivity index (χ1n) is 9.60. The molecule has 152 valence electrons. The molecule has 1 N–H and O–H groups in total. The normalized spacial score (nSPS) is 10.7. The monoisotopic (exact) mass is 429 g/mol. The van der Waals surface area contributed by atoms with Crippen molar-refractivity contribution in [1.82, 2.24) is 0 Å². The van der Waals surface area contributed by atoms with Crippen LogP contribution in [0.3, 0.4) is 0 Å². The van der Waals surface area contributed by atoms with Gasteiger partial charge in [-0.05, 0) is 62.2 Å². The first-order chi connectivity index (χ1) is 14.0. The molecular weight excluding hydrogens is 405 g/mol. The third kappa shape index (κ3) is 5.81. The molecule has 0 amide bonds. The van der Waals surface area contributed by atoms with Crippen molar-refractivity contribution in [3.63, 3.8) is 0 Å². The van der Waals surface area contributed by atoms with Gasteiger partial charge in [-0.15, -0.1) is 0 Å². The van der Waals surface area contributed by atoms with E-state index in [0.29, 0.717) is 35.6 Å². The lowest BCUT2D eigenvalue weighted by Gasteiger charge is -2.15. The smallest absolute Gasteiger partial charge is 0.161 e. The molecule has 0 fully saturated rings. The number of benzene rings is 3. The summed E-state index contributed by atoms with van der Waals surface area (Å²) in [6.07, 6.45) is 0. The van der Waals surface area contributed by atoms with Crippen molar-refractivity contribution in [2.45, 2.75) is 33.9 Å². The summed E-state index contributed by atoms with van der Waals surface area (Å²) in [6.45, 7) is 7.77. The van der Waals surface area contributed by atoms with E-state index in [2.05, 4.69) is 37.4 Å². The van der Waals surface area contributed by atoms with E-state index in [4.69, 9.17) is 32.7 Å². The Morgan fingerprint density at radius 3 is 2.41 bits per heavy atom. The molecular formula is C24H25Cl2NO2. The second-order valence-electron chi connectivity index (χ2n) is 6.91. The maximum absolute atomic E-state index is 6.24. The third-order valence-electron chi connectivity index (χ3n) is 4.57. The summed E-state index contributed by atoms with van der Waals surface area (Å²) in [6, 6.07) is 17.8. The average molecular weight is 430 g/mol. The third-order valence-corrected chi connectivity index (χ3v) is 5.16. The number of ether oxygens (including phenoxy) is 2. The van der Waals surface area contributed by atoms with E-state index in [9.17, 15) is 0 Å². The van der Waals surface area contributed by atoms with Crippen LogP contribution in [0, 0.1) is 13.8 Å². The highest BCUT2D eigenvalue weighted by Gasteiger charge is 2.09. The molecule has 0 saturated carbocycles. The summed E-state index contributed by atoms with van der Waals surface area (Å²) < 4.78 is 11.8. The Morgan fingerprint density at radius 2 is 1.69 bits per heavy atom. The number of aryl methyl sites for hydroxylation is 2. The fourth-order valence-electron chi connectivity index (χ4n) is 3.05. The molecule has 0 aromatic heterocycles. The fourth-order valence-corrected chi connectivity index (χ4v) is 3.52. The second kappa shape index (κ2) is 9.91. The molecule has 0 heterocycles. The molecule has 0 unspecified atom stereocenters. The lowest BCUT2D eigenvalue weighted by atomic mass is 10.1. The number of hydrogen-bond acceptors (Lipinski definition) is 3. The van der Waals surface area contributed by atoms with Gasteiger partial charge < -0.3 is 14.8 Å². The van der Waals surface area contributed by atoms with Gasteiger partial charge in [-0.25, -0.2) is 0 Å². The van der Waals surface area contributed by atoms with Crippen LogP contribution in [0.4, 0.5) is 5.69 Å². The summed E-state index contributed by atoms with van der Waals surface area (Å²) in [5.74, 6) is 1.41. The SMILES string of the molecule is CCOc1cc(CNc2ccc(C)cc2C)ccc1OCc1ccc(Cl)cc1Cl. The van der Waals surface area contributed by atoms with Crippen LogP contribution in [-0.2, 0) is 13.2 Å². The lowest BCUT2D eigenvalue weighted by molar-refractivity contribution is 0.269. The van der Waals surface area contributed by atoms with Gasteiger partial charge in [-0.2, -0.15) is 0 Å². The second-order valence-corrected chi connectivity index (χ2v) is 7.75. The van der Waals surface area contributed by atoms with Crippen LogP contribution in [0.2, 0.25) is 10.0 Å². The van der Waals surface area contributed by atoms with Crippen LogP contribution >= 0.6 is 23.2 Å². The molecule has 0 radical (unpaired) electrons. The quantitative estimate of drug-likeness (QED) is 0.410. The van der Waals surface area contributed by atoms with E-state index in [0.717, 1.165) is 22.6 Å². The molecule has 0 atom stereocenters. The first-order valence-corrected chi connectivity index (χ1v) is 10.4. The van der Waals surface area contributed by atoms with E-state index >= 15 is 0 Å². The van der Waals surface area contributed by atoms with Gasteiger partial charge in [0.05, 0.1) is 6.61 Å². The Morgan fingerprint density at radius 1 is 0.862 bits per heavy atom. The largest absolute Gasteiger partial charge is 0.490 e. The minimum absolute atomic E-state index is 0.343. The number of halogens is 2. The first kappa shape index (κ1) is 21.4. The molecule has 3 aromatic carbocycles. The molecule has 5 heteroatoms. The number of anilines is 1. The summed E-state index contributed by atoms with van der Waals surface area (Å²) in [4.78, 5) is 0. The number of nitrogens with one attached hydrogen (secondary N) is 1. The van der Waals surface area contributed by atoms with Crippen molar-refractivity contribution < 1.29 is 9.47 Å². The van der Waals surface area contributed by atoms with Crippen LogP contribution in [0.25, 0.3) is 0 Å². The van der Waals surface area contributed by atoms with E-state index in [1.54, 1.807) is 12.1 Å². The van der Waals surface area contributed by atoms with Gasteiger partial charge in [0.25, 0.3) is 0 Å². The lowest BCUT2D eigenvalue weighted by Crippen LogP contribution is -2.04. The predicted octanol–water partition coefficient (Wildman–Crippen LogP) is 7.20. The molecule has 0 aliphatic heterocycles. The highest BCUT2D eigenvalue weighted by atomic mass is 35.5. The van der Waals surface area contributed by atoms with Gasteiger partial charge in [0, 0.05) is 27.8 Å². The summed E-state index contributed by atoms with van der Waals surface area (Å²) >= 11 is 12.2. The molecule has 3 rings (SSSR count). The van der Waals surface area contributed by atoms with E-state index in [1.165, 1.54) is 11.1 Å². The Labute approximate surface area is 182 Å². The van der Waals surface area contributed by atoms with Crippen LogP contribution in [-0.4, -0.2) is 6.61 Å². The standard InChI is InChI=1S/C24H25Cl2NO2/c1-4-28-24-12-18(14-27-22-9-5-16(2)11-17(22)3)6-10-23(24)29-15-19-7-8-20(25)13-21(19)26/h5-13,27H,4,14-15H2,1-3H3. The van der Waals surface area contributed by atoms with Crippen LogP contribution in [0.15, 0.2) is 54.6 Å². The molecule has 0 bridgehead atoms. The highest BCUT2D eigenvalue weighted by Crippen LogP contribution is 2.31. The van der Waals surface area contributed by atoms with Gasteiger partial charge in [-0.1, -0.05) is 53.0 Å². The maximum atomic E-state index is 6.24. The van der Waals surface area contributed by atoms with E-state index in [-0.39, 0.29) is 0 Å². The van der Waals surface area contributed by atoms with Crippen LogP contribution < -0.4 is 14.8 Å². The summed E-state index contributed by atoms with van der Waals surface area (Å²) in [7, 11) is 0. The van der Waals surface area contributed by atoms with Crippen molar-refractivity contribution in [1.29, 1.82) is 0 Å². The minimum atomic E-state index is 0.343. The molecule has 0 aliphatic carbocycles. The summed E-state index contributed by atoms with van der Waals surface area (Å²) in [5, 5.41) is 4.68. The molecule has 3 nitrogen and oxygen atoms in total. The highest BCUT2D eigenvalue weighted by molar-refractivity contribution is 6.35. The Bertz CT molecular complexity index is 989. The van der Waals surface area contributed by atoms with Crippen LogP contribution in [0.5, 0.6) is 11.5 Å².